The summed E-state index contributed by atoms with van der Waals surface area (Å²) >= 11 is 1.51. The first-order chi connectivity index (χ1) is 10.5. The van der Waals surface area contributed by atoms with Gasteiger partial charge < -0.3 is 9.47 Å². The van der Waals surface area contributed by atoms with Crippen molar-refractivity contribution in [3.05, 3.63) is 45.7 Å². The molecule has 3 aromatic heterocycles. The maximum atomic E-state index is 12.8. The molecule has 3 aromatic rings. The molecular formula is C17H17N3OS. The van der Waals surface area contributed by atoms with Crippen LogP contribution in [0.25, 0.3) is 15.9 Å². The van der Waals surface area contributed by atoms with Crippen LogP contribution < -0.4 is 0 Å². The molecular weight excluding hydrogens is 294 g/mol. The minimum absolute atomic E-state index is 0.0816. The number of nitrogens with zero attached hydrogens (tertiary/aromatic N) is 3. The average molecular weight is 311 g/mol. The van der Waals surface area contributed by atoms with E-state index in [1.54, 1.807) is 4.90 Å². The van der Waals surface area contributed by atoms with E-state index < -0.39 is 0 Å². The van der Waals surface area contributed by atoms with Gasteiger partial charge in [0.1, 0.15) is 9.71 Å². The molecule has 4 heterocycles. The second-order valence-electron chi connectivity index (χ2n) is 6.00. The fourth-order valence-corrected chi connectivity index (χ4v) is 4.58. The summed E-state index contributed by atoms with van der Waals surface area (Å²) in [7, 11) is 1.86. The number of thiophene rings is 1. The van der Waals surface area contributed by atoms with Gasteiger partial charge in [-0.1, -0.05) is 0 Å². The van der Waals surface area contributed by atoms with E-state index in [2.05, 4.69) is 41.6 Å². The first-order valence-corrected chi connectivity index (χ1v) is 8.13. The Balaban J connectivity index is 2.20. The third-order valence-corrected chi connectivity index (χ3v) is 5.34. The van der Waals surface area contributed by atoms with E-state index in [1.165, 1.54) is 16.9 Å². The van der Waals surface area contributed by atoms with E-state index >= 15 is 0 Å². The second kappa shape index (κ2) is 4.43. The highest BCUT2D eigenvalue weighted by Crippen LogP contribution is 2.39. The van der Waals surface area contributed by atoms with E-state index in [9.17, 15) is 4.79 Å². The fourth-order valence-electron chi connectivity index (χ4n) is 3.31. The standard InChI is InChI=1S/C17H17N3OS/c1-9-7-10(2)18-16-13(9)14-15(22-16)17(21)19(4)8-12-6-5-11(3)20(12)14/h5-7H,8H2,1-4H3. The van der Waals surface area contributed by atoms with Crippen molar-refractivity contribution in [2.24, 2.45) is 0 Å². The Kier molecular flexibility index (Phi) is 2.72. The zero-order valence-electron chi connectivity index (χ0n) is 13.1. The number of aryl methyl sites for hydroxylation is 3. The Hall–Kier alpha value is -2.14. The van der Waals surface area contributed by atoms with Crippen LogP contribution in [0.1, 0.15) is 32.3 Å². The van der Waals surface area contributed by atoms with Gasteiger partial charge in [-0.2, -0.15) is 0 Å². The summed E-state index contributed by atoms with van der Waals surface area (Å²) in [6.45, 7) is 6.82. The SMILES string of the molecule is Cc1cc(C)c2c3c(sc2n1)C(=O)N(C)Cc1ccc(C)n1-3. The monoisotopic (exact) mass is 311 g/mol. The van der Waals surface area contributed by atoms with Gasteiger partial charge in [0, 0.05) is 29.5 Å². The number of fused-ring (bicyclic) bond motifs is 5. The topological polar surface area (TPSA) is 38.1 Å². The van der Waals surface area contributed by atoms with Gasteiger partial charge in [-0.05, 0) is 44.5 Å². The van der Waals surface area contributed by atoms with Crippen LogP contribution in [-0.4, -0.2) is 27.4 Å². The minimum atomic E-state index is 0.0816. The predicted octanol–water partition coefficient (Wildman–Crippen LogP) is 3.60. The van der Waals surface area contributed by atoms with Crippen LogP contribution in [0.3, 0.4) is 0 Å². The third kappa shape index (κ3) is 1.69. The Morgan fingerprint density at radius 3 is 2.77 bits per heavy atom. The van der Waals surface area contributed by atoms with Crippen LogP contribution in [0, 0.1) is 20.8 Å². The maximum absolute atomic E-state index is 12.8. The van der Waals surface area contributed by atoms with Crippen molar-refractivity contribution >= 4 is 27.5 Å². The van der Waals surface area contributed by atoms with E-state index in [1.807, 2.05) is 14.0 Å². The molecule has 0 aromatic carbocycles. The molecule has 4 nitrogen and oxygen atoms in total. The molecule has 0 radical (unpaired) electrons. The van der Waals surface area contributed by atoms with Crippen LogP contribution >= 0.6 is 11.3 Å². The lowest BCUT2D eigenvalue weighted by Gasteiger charge is -2.13. The number of carbonyl (C=O) groups excluding carboxylic acids is 1. The predicted molar refractivity (Wildman–Crippen MR) is 89.0 cm³/mol. The molecule has 0 atom stereocenters. The largest absolute Gasteiger partial charge is 0.335 e. The Labute approximate surface area is 133 Å². The van der Waals surface area contributed by atoms with Gasteiger partial charge in [0.05, 0.1) is 12.2 Å². The smallest absolute Gasteiger partial charge is 0.266 e. The molecule has 1 aliphatic rings. The number of rotatable bonds is 0. The maximum Gasteiger partial charge on any atom is 0.266 e. The molecule has 22 heavy (non-hydrogen) atoms. The summed E-state index contributed by atoms with van der Waals surface area (Å²) < 4.78 is 2.22. The van der Waals surface area contributed by atoms with Gasteiger partial charge in [0.25, 0.3) is 5.91 Å². The van der Waals surface area contributed by atoms with Crippen molar-refractivity contribution in [1.29, 1.82) is 0 Å². The van der Waals surface area contributed by atoms with Crippen molar-refractivity contribution in [2.45, 2.75) is 27.3 Å². The molecule has 0 saturated carbocycles. The fraction of sp³-hybridized carbons (Fsp3) is 0.294. The van der Waals surface area contributed by atoms with Crippen LogP contribution in [-0.2, 0) is 6.54 Å². The molecule has 0 bridgehead atoms. The lowest BCUT2D eigenvalue weighted by Crippen LogP contribution is -2.24. The molecule has 1 aliphatic heterocycles. The Morgan fingerprint density at radius 2 is 2.00 bits per heavy atom. The molecule has 1 amide bonds. The first-order valence-electron chi connectivity index (χ1n) is 7.31. The number of aromatic nitrogens is 2. The number of hydrogen-bond acceptors (Lipinski definition) is 3. The van der Waals surface area contributed by atoms with Crippen LogP contribution in [0.5, 0.6) is 0 Å². The normalized spacial score (nSPS) is 14.2. The Morgan fingerprint density at radius 1 is 1.23 bits per heavy atom. The van der Waals surface area contributed by atoms with E-state index in [0.717, 1.165) is 37.9 Å². The second-order valence-corrected chi connectivity index (χ2v) is 7.00. The summed E-state index contributed by atoms with van der Waals surface area (Å²) in [5, 5.41) is 1.11. The zero-order valence-corrected chi connectivity index (χ0v) is 13.9. The molecule has 112 valence electrons. The van der Waals surface area contributed by atoms with Gasteiger partial charge in [-0.25, -0.2) is 4.98 Å². The van der Waals surface area contributed by atoms with E-state index in [-0.39, 0.29) is 5.91 Å². The number of carbonyl (C=O) groups is 1. The molecule has 0 N–H and O–H groups in total. The van der Waals surface area contributed by atoms with Gasteiger partial charge in [0.15, 0.2) is 0 Å². The lowest BCUT2D eigenvalue weighted by molar-refractivity contribution is 0.0792. The highest BCUT2D eigenvalue weighted by atomic mass is 32.1. The van der Waals surface area contributed by atoms with Crippen molar-refractivity contribution in [3.8, 4) is 5.69 Å². The van der Waals surface area contributed by atoms with Gasteiger partial charge in [0.2, 0.25) is 0 Å². The highest BCUT2D eigenvalue weighted by molar-refractivity contribution is 7.21. The summed E-state index contributed by atoms with van der Waals surface area (Å²) in [5.41, 5.74) is 5.48. The molecule has 0 saturated heterocycles. The van der Waals surface area contributed by atoms with Crippen molar-refractivity contribution < 1.29 is 4.79 Å². The van der Waals surface area contributed by atoms with Crippen LogP contribution in [0.15, 0.2) is 18.2 Å². The van der Waals surface area contributed by atoms with Gasteiger partial charge in [-0.15, -0.1) is 11.3 Å². The molecule has 0 unspecified atom stereocenters. The minimum Gasteiger partial charge on any atom is -0.335 e. The number of pyridine rings is 1. The van der Waals surface area contributed by atoms with Crippen molar-refractivity contribution in [2.75, 3.05) is 7.05 Å². The molecule has 0 spiro atoms. The number of hydrogen-bond donors (Lipinski definition) is 0. The summed E-state index contributed by atoms with van der Waals surface area (Å²) in [6, 6.07) is 6.31. The Bertz CT molecular complexity index is 935. The molecule has 4 rings (SSSR count). The summed E-state index contributed by atoms with van der Waals surface area (Å²) in [5.74, 6) is 0.0816. The highest BCUT2D eigenvalue weighted by Gasteiger charge is 2.29. The quantitative estimate of drug-likeness (QED) is 0.636. The van der Waals surface area contributed by atoms with E-state index in [4.69, 9.17) is 0 Å². The average Bonchev–Trinajstić information content (AvgIpc) is 2.96. The van der Waals surface area contributed by atoms with E-state index in [0.29, 0.717) is 6.54 Å². The molecule has 5 heteroatoms. The van der Waals surface area contributed by atoms with Gasteiger partial charge >= 0.3 is 0 Å². The molecule has 0 aliphatic carbocycles. The first kappa shape index (κ1) is 13.5. The van der Waals surface area contributed by atoms with Crippen LogP contribution in [0.2, 0.25) is 0 Å². The third-order valence-electron chi connectivity index (χ3n) is 4.28. The molecule has 0 fully saturated rings. The summed E-state index contributed by atoms with van der Waals surface area (Å²) in [6.07, 6.45) is 0. The lowest BCUT2D eigenvalue weighted by atomic mass is 10.1. The zero-order chi connectivity index (χ0) is 15.6. The summed E-state index contributed by atoms with van der Waals surface area (Å²) in [4.78, 5) is 21.0. The number of amides is 1. The van der Waals surface area contributed by atoms with Gasteiger partial charge in [-0.3, -0.25) is 4.79 Å². The van der Waals surface area contributed by atoms with Crippen LogP contribution in [0.4, 0.5) is 0 Å². The van der Waals surface area contributed by atoms with Crippen molar-refractivity contribution in [3.63, 3.8) is 0 Å². The van der Waals surface area contributed by atoms with Crippen molar-refractivity contribution in [1.82, 2.24) is 14.5 Å².